The zero-order valence-electron chi connectivity index (χ0n) is 11.4. The average Bonchev–Trinajstić information content (AvgIpc) is 2.43. The number of nitrogens with zero attached hydrogens (tertiary/aromatic N) is 2. The summed E-state index contributed by atoms with van der Waals surface area (Å²) in [5.74, 6) is -1.53. The van der Waals surface area contributed by atoms with E-state index >= 15 is 0 Å². The lowest BCUT2D eigenvalue weighted by Gasteiger charge is -2.09. The Kier molecular flexibility index (Phi) is 3.93. The molecule has 1 N–H and O–H groups in total. The van der Waals surface area contributed by atoms with Crippen LogP contribution in [0.1, 0.15) is 21.6 Å². The molecular weight excluding hydrogens is 277 g/mol. The predicted molar refractivity (Wildman–Crippen MR) is 74.7 cm³/mol. The Labute approximate surface area is 119 Å². The molecule has 7 heteroatoms. The van der Waals surface area contributed by atoms with E-state index in [0.29, 0.717) is 11.4 Å². The van der Waals surface area contributed by atoms with E-state index in [-0.39, 0.29) is 16.8 Å². The van der Waals surface area contributed by atoms with E-state index < -0.39 is 16.6 Å². The standard InChI is InChI=1S/C14H12FN3O3/c1-8-6-10(18(20)21)7-11(13(8)15)14(19)17-12-4-3-5-16-9(12)2/h3-7H,1-2H3,(H,17,19). The molecule has 1 heterocycles. The van der Waals surface area contributed by atoms with E-state index in [1.54, 1.807) is 25.3 Å². The van der Waals surface area contributed by atoms with Gasteiger partial charge in [-0.15, -0.1) is 0 Å². The minimum absolute atomic E-state index is 0.0391. The number of nitro benzene ring substituents is 1. The van der Waals surface area contributed by atoms with Gasteiger partial charge < -0.3 is 5.32 Å². The minimum atomic E-state index is -0.778. The van der Waals surface area contributed by atoms with E-state index in [2.05, 4.69) is 10.3 Å². The van der Waals surface area contributed by atoms with Crippen molar-refractivity contribution in [2.45, 2.75) is 13.8 Å². The second-order valence-corrected chi connectivity index (χ2v) is 4.47. The number of hydrogen-bond donors (Lipinski definition) is 1. The Balaban J connectivity index is 2.39. The number of nitro groups is 1. The lowest BCUT2D eigenvalue weighted by molar-refractivity contribution is -0.385. The lowest BCUT2D eigenvalue weighted by atomic mass is 10.1. The van der Waals surface area contributed by atoms with E-state index in [1.807, 2.05) is 0 Å². The van der Waals surface area contributed by atoms with Crippen molar-refractivity contribution in [1.29, 1.82) is 0 Å². The minimum Gasteiger partial charge on any atom is -0.320 e. The summed E-state index contributed by atoms with van der Waals surface area (Å²) in [7, 11) is 0. The highest BCUT2D eigenvalue weighted by molar-refractivity contribution is 6.05. The number of halogens is 1. The molecule has 21 heavy (non-hydrogen) atoms. The number of anilines is 1. The number of amides is 1. The summed E-state index contributed by atoms with van der Waals surface area (Å²) >= 11 is 0. The quantitative estimate of drug-likeness (QED) is 0.695. The van der Waals surface area contributed by atoms with E-state index in [1.165, 1.54) is 6.92 Å². The molecule has 0 bridgehead atoms. The molecule has 2 aromatic rings. The summed E-state index contributed by atoms with van der Waals surface area (Å²) in [6, 6.07) is 5.24. The Morgan fingerprint density at radius 2 is 2.10 bits per heavy atom. The molecule has 0 radical (unpaired) electrons. The molecule has 0 spiro atoms. The molecule has 0 unspecified atom stereocenters. The number of hydrogen-bond acceptors (Lipinski definition) is 4. The fourth-order valence-electron chi connectivity index (χ4n) is 1.83. The first-order chi connectivity index (χ1) is 9.90. The van der Waals surface area contributed by atoms with Crippen LogP contribution in [0, 0.1) is 29.8 Å². The Bertz CT molecular complexity index is 731. The summed E-state index contributed by atoms with van der Waals surface area (Å²) in [4.78, 5) is 26.2. The fraction of sp³-hybridized carbons (Fsp3) is 0.143. The van der Waals surface area contributed by atoms with Crippen molar-refractivity contribution in [3.8, 4) is 0 Å². The average molecular weight is 289 g/mol. The monoisotopic (exact) mass is 289 g/mol. The van der Waals surface area contributed by atoms with Crippen LogP contribution in [0.4, 0.5) is 15.8 Å². The molecule has 0 fully saturated rings. The Hall–Kier alpha value is -2.83. The van der Waals surface area contributed by atoms with Crippen LogP contribution >= 0.6 is 0 Å². The third-order valence-corrected chi connectivity index (χ3v) is 2.95. The highest BCUT2D eigenvalue weighted by atomic mass is 19.1. The molecule has 108 valence electrons. The molecule has 2 rings (SSSR count). The number of non-ortho nitro benzene ring substituents is 1. The molecule has 0 saturated carbocycles. The van der Waals surface area contributed by atoms with Crippen LogP contribution in [0.5, 0.6) is 0 Å². The van der Waals surface area contributed by atoms with Crippen LogP contribution in [0.15, 0.2) is 30.5 Å². The summed E-state index contributed by atoms with van der Waals surface area (Å²) in [5, 5.41) is 13.3. The van der Waals surface area contributed by atoms with Gasteiger partial charge in [-0.2, -0.15) is 0 Å². The summed E-state index contributed by atoms with van der Waals surface area (Å²) in [5.41, 5.74) is 0.323. The number of benzene rings is 1. The molecule has 0 saturated heterocycles. The van der Waals surface area contributed by atoms with Crippen molar-refractivity contribution in [2.75, 3.05) is 5.32 Å². The number of nitrogens with one attached hydrogen (secondary N) is 1. The van der Waals surface area contributed by atoms with Gasteiger partial charge in [0.05, 0.1) is 21.9 Å². The molecular formula is C14H12FN3O3. The van der Waals surface area contributed by atoms with E-state index in [4.69, 9.17) is 0 Å². The first-order valence-electron chi connectivity index (χ1n) is 6.07. The normalized spacial score (nSPS) is 10.2. The Morgan fingerprint density at radius 1 is 1.38 bits per heavy atom. The fourth-order valence-corrected chi connectivity index (χ4v) is 1.83. The van der Waals surface area contributed by atoms with E-state index in [0.717, 1.165) is 12.1 Å². The lowest BCUT2D eigenvalue weighted by Crippen LogP contribution is -2.16. The number of pyridine rings is 1. The van der Waals surface area contributed by atoms with Crippen LogP contribution in [-0.2, 0) is 0 Å². The van der Waals surface area contributed by atoms with Gasteiger partial charge in [0.2, 0.25) is 0 Å². The third-order valence-electron chi connectivity index (χ3n) is 2.95. The van der Waals surface area contributed by atoms with Crippen molar-refractivity contribution >= 4 is 17.3 Å². The van der Waals surface area contributed by atoms with Gasteiger partial charge in [-0.05, 0) is 31.5 Å². The second-order valence-electron chi connectivity index (χ2n) is 4.47. The molecule has 0 atom stereocenters. The molecule has 6 nitrogen and oxygen atoms in total. The SMILES string of the molecule is Cc1cc([N+](=O)[O-])cc(C(=O)Nc2cccnc2C)c1F. The van der Waals surface area contributed by atoms with Crippen LogP contribution in [0.25, 0.3) is 0 Å². The van der Waals surface area contributed by atoms with Crippen LogP contribution in [-0.4, -0.2) is 15.8 Å². The smallest absolute Gasteiger partial charge is 0.270 e. The Morgan fingerprint density at radius 3 is 2.71 bits per heavy atom. The maximum atomic E-state index is 14.0. The van der Waals surface area contributed by atoms with Gasteiger partial charge in [0.1, 0.15) is 5.82 Å². The van der Waals surface area contributed by atoms with Crippen LogP contribution in [0.2, 0.25) is 0 Å². The maximum absolute atomic E-state index is 14.0. The van der Waals surface area contributed by atoms with Crippen molar-refractivity contribution < 1.29 is 14.1 Å². The summed E-state index contributed by atoms with van der Waals surface area (Å²) < 4.78 is 14.0. The number of rotatable bonds is 3. The largest absolute Gasteiger partial charge is 0.320 e. The molecule has 1 amide bonds. The number of aromatic nitrogens is 1. The summed E-state index contributed by atoms with van der Waals surface area (Å²) in [6.07, 6.45) is 1.56. The zero-order valence-corrected chi connectivity index (χ0v) is 11.4. The van der Waals surface area contributed by atoms with Gasteiger partial charge >= 0.3 is 0 Å². The van der Waals surface area contributed by atoms with Crippen LogP contribution in [0.3, 0.4) is 0 Å². The maximum Gasteiger partial charge on any atom is 0.270 e. The molecule has 0 aliphatic rings. The van der Waals surface area contributed by atoms with Gasteiger partial charge in [-0.1, -0.05) is 0 Å². The highest BCUT2D eigenvalue weighted by Gasteiger charge is 2.20. The topological polar surface area (TPSA) is 85.1 Å². The van der Waals surface area contributed by atoms with Crippen LogP contribution < -0.4 is 5.32 Å². The molecule has 0 aliphatic carbocycles. The van der Waals surface area contributed by atoms with Crippen molar-refractivity contribution in [3.05, 3.63) is 63.2 Å². The van der Waals surface area contributed by atoms with E-state index in [9.17, 15) is 19.3 Å². The predicted octanol–water partition coefficient (Wildman–Crippen LogP) is 3.00. The highest BCUT2D eigenvalue weighted by Crippen LogP contribution is 2.22. The van der Waals surface area contributed by atoms with Gasteiger partial charge in [0.15, 0.2) is 0 Å². The first kappa shape index (κ1) is 14.6. The molecule has 1 aromatic carbocycles. The van der Waals surface area contributed by atoms with Crippen molar-refractivity contribution in [2.24, 2.45) is 0 Å². The number of aryl methyl sites for hydroxylation is 2. The van der Waals surface area contributed by atoms with Crippen molar-refractivity contribution in [1.82, 2.24) is 4.98 Å². The molecule has 0 aliphatic heterocycles. The van der Waals surface area contributed by atoms with Gasteiger partial charge in [-0.3, -0.25) is 19.9 Å². The zero-order chi connectivity index (χ0) is 15.6. The number of carbonyl (C=O) groups excluding carboxylic acids is 1. The van der Waals surface area contributed by atoms with Gasteiger partial charge in [0, 0.05) is 18.3 Å². The summed E-state index contributed by atoms with van der Waals surface area (Å²) in [6.45, 7) is 3.05. The van der Waals surface area contributed by atoms with Crippen molar-refractivity contribution in [3.63, 3.8) is 0 Å². The molecule has 1 aromatic heterocycles. The second kappa shape index (κ2) is 5.66. The number of carbonyl (C=O) groups is 1. The first-order valence-corrected chi connectivity index (χ1v) is 6.07. The third kappa shape index (κ3) is 3.02. The van der Waals surface area contributed by atoms with Gasteiger partial charge in [0.25, 0.3) is 11.6 Å². The van der Waals surface area contributed by atoms with Gasteiger partial charge in [-0.25, -0.2) is 4.39 Å².